The fourth-order valence-corrected chi connectivity index (χ4v) is 1.06. The molecule has 5 nitrogen and oxygen atoms in total. The van der Waals surface area contributed by atoms with Gasteiger partial charge in [0, 0.05) is 25.4 Å². The third kappa shape index (κ3) is 3.51. The van der Waals surface area contributed by atoms with Crippen molar-refractivity contribution in [3.63, 3.8) is 0 Å². The number of hydrogen-bond acceptors (Lipinski definition) is 4. The molecular weight excluding hydrogens is 206 g/mol. The number of anilines is 1. The standard InChI is InChI=1S/C11H17N3O2/c1-11(2,16-3)7-14-10(15)8-4-5-13-9(12)6-8/h4-6H,7H2,1-3H3,(H2,12,13)(H,14,15). The quantitative estimate of drug-likeness (QED) is 0.792. The number of carbonyl (C=O) groups excluding carboxylic acids is 1. The monoisotopic (exact) mass is 223 g/mol. The van der Waals surface area contributed by atoms with E-state index in [1.165, 1.54) is 12.3 Å². The van der Waals surface area contributed by atoms with Crippen molar-refractivity contribution in [2.45, 2.75) is 19.4 Å². The van der Waals surface area contributed by atoms with Gasteiger partial charge in [-0.25, -0.2) is 4.98 Å². The van der Waals surface area contributed by atoms with Crippen LogP contribution in [0.15, 0.2) is 18.3 Å². The van der Waals surface area contributed by atoms with Gasteiger partial charge in [0.2, 0.25) is 0 Å². The van der Waals surface area contributed by atoms with Crippen LogP contribution in [-0.4, -0.2) is 30.1 Å². The number of ether oxygens (including phenoxy) is 1. The molecule has 0 saturated heterocycles. The Morgan fingerprint density at radius 2 is 2.31 bits per heavy atom. The minimum Gasteiger partial charge on any atom is -0.384 e. The zero-order valence-electron chi connectivity index (χ0n) is 9.78. The molecule has 0 unspecified atom stereocenters. The number of methoxy groups -OCH3 is 1. The highest BCUT2D eigenvalue weighted by Crippen LogP contribution is 2.07. The molecule has 0 aliphatic rings. The summed E-state index contributed by atoms with van der Waals surface area (Å²) in [7, 11) is 1.61. The van der Waals surface area contributed by atoms with Crippen molar-refractivity contribution in [2.24, 2.45) is 0 Å². The van der Waals surface area contributed by atoms with Gasteiger partial charge in [-0.05, 0) is 26.0 Å². The number of pyridine rings is 1. The van der Waals surface area contributed by atoms with Gasteiger partial charge in [-0.15, -0.1) is 0 Å². The Labute approximate surface area is 95.0 Å². The molecule has 1 amide bonds. The molecule has 0 aromatic carbocycles. The Hall–Kier alpha value is -1.62. The predicted molar refractivity (Wildman–Crippen MR) is 62.1 cm³/mol. The predicted octanol–water partition coefficient (Wildman–Crippen LogP) is 0.819. The lowest BCUT2D eigenvalue weighted by Gasteiger charge is -2.23. The lowest BCUT2D eigenvalue weighted by atomic mass is 10.1. The fraction of sp³-hybridized carbons (Fsp3) is 0.455. The molecule has 5 heteroatoms. The maximum absolute atomic E-state index is 11.7. The summed E-state index contributed by atoms with van der Waals surface area (Å²) in [6, 6.07) is 3.15. The van der Waals surface area contributed by atoms with Crippen molar-refractivity contribution in [1.82, 2.24) is 10.3 Å². The third-order valence-corrected chi connectivity index (χ3v) is 2.27. The molecule has 1 aromatic heterocycles. The first-order valence-electron chi connectivity index (χ1n) is 4.99. The Balaban J connectivity index is 2.60. The molecule has 1 rings (SSSR count). The number of amides is 1. The molecule has 88 valence electrons. The highest BCUT2D eigenvalue weighted by Gasteiger charge is 2.17. The highest BCUT2D eigenvalue weighted by molar-refractivity contribution is 5.94. The number of nitrogens with zero attached hydrogens (tertiary/aromatic N) is 1. The molecule has 0 spiro atoms. The van der Waals surface area contributed by atoms with Gasteiger partial charge in [0.05, 0.1) is 5.60 Å². The molecule has 0 fully saturated rings. The summed E-state index contributed by atoms with van der Waals surface area (Å²) in [6.07, 6.45) is 1.51. The number of rotatable bonds is 4. The molecular formula is C11H17N3O2. The normalized spacial score (nSPS) is 11.2. The van der Waals surface area contributed by atoms with Crippen molar-refractivity contribution in [3.05, 3.63) is 23.9 Å². The third-order valence-electron chi connectivity index (χ3n) is 2.27. The van der Waals surface area contributed by atoms with E-state index in [-0.39, 0.29) is 11.5 Å². The minimum atomic E-state index is -0.381. The second-order valence-corrected chi connectivity index (χ2v) is 4.12. The maximum atomic E-state index is 11.7. The maximum Gasteiger partial charge on any atom is 0.251 e. The van der Waals surface area contributed by atoms with Gasteiger partial charge in [-0.2, -0.15) is 0 Å². The van der Waals surface area contributed by atoms with E-state index in [4.69, 9.17) is 10.5 Å². The molecule has 0 saturated carbocycles. The first-order valence-corrected chi connectivity index (χ1v) is 4.99. The van der Waals surface area contributed by atoms with Crippen LogP contribution in [0, 0.1) is 0 Å². The van der Waals surface area contributed by atoms with Crippen LogP contribution in [0.5, 0.6) is 0 Å². The number of nitrogens with one attached hydrogen (secondary N) is 1. The summed E-state index contributed by atoms with van der Waals surface area (Å²) in [4.78, 5) is 15.5. The Kier molecular flexibility index (Phi) is 3.84. The fourth-order valence-electron chi connectivity index (χ4n) is 1.06. The lowest BCUT2D eigenvalue weighted by Crippen LogP contribution is -2.39. The number of carbonyl (C=O) groups is 1. The second-order valence-electron chi connectivity index (χ2n) is 4.12. The van der Waals surface area contributed by atoms with Crippen molar-refractivity contribution in [3.8, 4) is 0 Å². The smallest absolute Gasteiger partial charge is 0.251 e. The van der Waals surface area contributed by atoms with Crippen LogP contribution in [0.3, 0.4) is 0 Å². The van der Waals surface area contributed by atoms with Crippen LogP contribution in [0.25, 0.3) is 0 Å². The Morgan fingerprint density at radius 3 is 2.88 bits per heavy atom. The summed E-state index contributed by atoms with van der Waals surface area (Å²) in [5.41, 5.74) is 5.61. The molecule has 1 heterocycles. The molecule has 1 aromatic rings. The van der Waals surface area contributed by atoms with Gasteiger partial charge in [-0.1, -0.05) is 0 Å². The van der Waals surface area contributed by atoms with E-state index in [0.29, 0.717) is 17.9 Å². The zero-order chi connectivity index (χ0) is 12.2. The molecule has 16 heavy (non-hydrogen) atoms. The average molecular weight is 223 g/mol. The van der Waals surface area contributed by atoms with Gasteiger partial charge < -0.3 is 15.8 Å². The highest BCUT2D eigenvalue weighted by atomic mass is 16.5. The van der Waals surface area contributed by atoms with Crippen molar-refractivity contribution in [2.75, 3.05) is 19.4 Å². The van der Waals surface area contributed by atoms with E-state index in [9.17, 15) is 4.79 Å². The summed E-state index contributed by atoms with van der Waals surface area (Å²) < 4.78 is 5.20. The van der Waals surface area contributed by atoms with Gasteiger partial charge in [0.15, 0.2) is 0 Å². The summed E-state index contributed by atoms with van der Waals surface area (Å²) >= 11 is 0. The Bertz CT molecular complexity index is 377. The van der Waals surface area contributed by atoms with E-state index in [0.717, 1.165) is 0 Å². The minimum absolute atomic E-state index is 0.181. The summed E-state index contributed by atoms with van der Waals surface area (Å²) in [5.74, 6) is 0.151. The molecule has 0 atom stereocenters. The van der Waals surface area contributed by atoms with E-state index >= 15 is 0 Å². The van der Waals surface area contributed by atoms with E-state index < -0.39 is 0 Å². The van der Waals surface area contributed by atoms with E-state index in [1.807, 2.05) is 13.8 Å². The second kappa shape index (κ2) is 4.94. The van der Waals surface area contributed by atoms with Crippen LogP contribution in [0.4, 0.5) is 5.82 Å². The van der Waals surface area contributed by atoms with Crippen molar-refractivity contribution < 1.29 is 9.53 Å². The van der Waals surface area contributed by atoms with E-state index in [2.05, 4.69) is 10.3 Å². The lowest BCUT2D eigenvalue weighted by molar-refractivity contribution is 0.0229. The van der Waals surface area contributed by atoms with Crippen LogP contribution >= 0.6 is 0 Å². The topological polar surface area (TPSA) is 77.2 Å². The average Bonchev–Trinajstić information content (AvgIpc) is 2.26. The van der Waals surface area contributed by atoms with Gasteiger partial charge in [-0.3, -0.25) is 4.79 Å². The number of nitrogen functional groups attached to an aromatic ring is 1. The molecule has 0 aliphatic carbocycles. The molecule has 0 radical (unpaired) electrons. The number of aromatic nitrogens is 1. The van der Waals surface area contributed by atoms with Crippen LogP contribution < -0.4 is 11.1 Å². The Morgan fingerprint density at radius 1 is 1.62 bits per heavy atom. The largest absolute Gasteiger partial charge is 0.384 e. The van der Waals surface area contributed by atoms with Crippen LogP contribution in [0.1, 0.15) is 24.2 Å². The van der Waals surface area contributed by atoms with Crippen molar-refractivity contribution in [1.29, 1.82) is 0 Å². The van der Waals surface area contributed by atoms with Crippen LogP contribution in [-0.2, 0) is 4.74 Å². The molecule has 0 aliphatic heterocycles. The first kappa shape index (κ1) is 12.4. The molecule has 3 N–H and O–H groups in total. The van der Waals surface area contributed by atoms with Gasteiger partial charge >= 0.3 is 0 Å². The van der Waals surface area contributed by atoms with Gasteiger partial charge in [0.25, 0.3) is 5.91 Å². The van der Waals surface area contributed by atoms with Gasteiger partial charge in [0.1, 0.15) is 5.82 Å². The van der Waals surface area contributed by atoms with Crippen LogP contribution in [0.2, 0.25) is 0 Å². The summed E-state index contributed by atoms with van der Waals surface area (Å²) in [6.45, 7) is 4.23. The number of nitrogens with two attached hydrogens (primary N) is 1. The zero-order valence-corrected chi connectivity index (χ0v) is 9.78. The van der Waals surface area contributed by atoms with Crippen molar-refractivity contribution >= 4 is 11.7 Å². The van der Waals surface area contributed by atoms with E-state index in [1.54, 1.807) is 13.2 Å². The SMILES string of the molecule is COC(C)(C)CNC(=O)c1ccnc(N)c1. The number of hydrogen-bond donors (Lipinski definition) is 2. The molecule has 0 bridgehead atoms. The summed E-state index contributed by atoms with van der Waals surface area (Å²) in [5, 5.41) is 2.77. The first-order chi connectivity index (χ1) is 7.44.